The molecule has 1 fully saturated rings. The highest BCUT2D eigenvalue weighted by atomic mass is 35.5. The second kappa shape index (κ2) is 11.5. The van der Waals surface area contributed by atoms with Crippen LogP contribution in [0.3, 0.4) is 0 Å². The Bertz CT molecular complexity index is 1890. The summed E-state index contributed by atoms with van der Waals surface area (Å²) in [6.07, 6.45) is 2.93. The molecule has 0 spiro atoms. The number of hydrogen-bond donors (Lipinski definition) is 2. The van der Waals surface area contributed by atoms with E-state index in [4.69, 9.17) is 21.3 Å². The van der Waals surface area contributed by atoms with Gasteiger partial charge in [-0.05, 0) is 66.8 Å². The Morgan fingerprint density at radius 2 is 1.93 bits per heavy atom. The van der Waals surface area contributed by atoms with E-state index in [0.717, 1.165) is 28.7 Å². The second-order valence-electron chi connectivity index (χ2n) is 11.0. The largest absolute Gasteiger partial charge is 0.481 e. The number of aromatic nitrogens is 3. The molecule has 0 unspecified atom stereocenters. The zero-order valence-electron chi connectivity index (χ0n) is 24.2. The number of methoxy groups -OCH3 is 1. The first-order valence-electron chi connectivity index (χ1n) is 14.1. The quantitative estimate of drug-likeness (QED) is 0.301. The lowest BCUT2D eigenvalue weighted by Gasteiger charge is -2.41. The number of hydrogen-bond acceptors (Lipinski definition) is 7. The number of amides is 1. The first-order valence-corrected chi connectivity index (χ1v) is 14.4. The van der Waals surface area contributed by atoms with Gasteiger partial charge in [0.25, 0.3) is 11.5 Å². The Labute approximate surface area is 257 Å². The highest BCUT2D eigenvalue weighted by Crippen LogP contribution is 2.46. The number of aryl methyl sites for hydroxylation is 2. The van der Waals surface area contributed by atoms with Crippen molar-refractivity contribution in [2.45, 2.75) is 25.8 Å². The molecule has 2 aromatic heterocycles. The van der Waals surface area contributed by atoms with Crippen molar-refractivity contribution < 1.29 is 23.8 Å². The molecule has 2 aromatic carbocycles. The maximum atomic E-state index is 15.5. The van der Waals surface area contributed by atoms with E-state index < -0.39 is 23.3 Å². The summed E-state index contributed by atoms with van der Waals surface area (Å²) in [5, 5.41) is 16.0. The first-order chi connectivity index (χ1) is 21.1. The van der Waals surface area contributed by atoms with Crippen LogP contribution in [0, 0.1) is 18.7 Å². The van der Waals surface area contributed by atoms with Gasteiger partial charge in [-0.1, -0.05) is 23.7 Å². The fourth-order valence-electron chi connectivity index (χ4n) is 6.07. The lowest BCUT2D eigenvalue weighted by Crippen LogP contribution is -2.51. The SMILES string of the molecule is COc1nc(-c2ccc(F)c(-c3cccc(NC(=O)c4ccnn(C)c4=O)c3C)c2Cl)cc2c1[C@H](N1CC(C(=O)O)C1)CC2. The normalized spacial score (nSPS) is 16.3. The van der Waals surface area contributed by atoms with Gasteiger partial charge in [-0.3, -0.25) is 19.3 Å². The molecule has 1 amide bonds. The first kappa shape index (κ1) is 29.5. The van der Waals surface area contributed by atoms with Crippen molar-refractivity contribution in [3.63, 3.8) is 0 Å². The lowest BCUT2D eigenvalue weighted by atomic mass is 9.94. The highest BCUT2D eigenvalue weighted by molar-refractivity contribution is 6.36. The number of carbonyl (C=O) groups excluding carboxylic acids is 1. The van der Waals surface area contributed by atoms with E-state index in [1.165, 1.54) is 25.4 Å². The molecule has 2 N–H and O–H groups in total. The number of benzene rings is 2. The van der Waals surface area contributed by atoms with Crippen molar-refractivity contribution in [3.05, 3.63) is 92.1 Å². The molecule has 1 aliphatic carbocycles. The number of halogens is 2. The number of ether oxygens (including phenoxy) is 1. The van der Waals surface area contributed by atoms with Crippen molar-refractivity contribution >= 4 is 29.2 Å². The highest BCUT2D eigenvalue weighted by Gasteiger charge is 2.41. The minimum atomic E-state index is -0.788. The molecule has 1 aliphatic heterocycles. The number of carboxylic acids is 1. The average molecular weight is 618 g/mol. The molecular weight excluding hydrogens is 589 g/mol. The summed E-state index contributed by atoms with van der Waals surface area (Å²) in [6, 6.07) is 11.3. The molecular formula is C32H29ClFN5O5. The van der Waals surface area contributed by atoms with Crippen LogP contribution in [0.25, 0.3) is 22.4 Å². The van der Waals surface area contributed by atoms with Gasteiger partial charge in [-0.25, -0.2) is 14.1 Å². The molecule has 4 aromatic rings. The summed E-state index contributed by atoms with van der Waals surface area (Å²) in [4.78, 5) is 43.6. The predicted molar refractivity (Wildman–Crippen MR) is 163 cm³/mol. The zero-order chi connectivity index (χ0) is 31.3. The Morgan fingerprint density at radius 1 is 1.16 bits per heavy atom. The van der Waals surface area contributed by atoms with Gasteiger partial charge in [0.2, 0.25) is 5.88 Å². The van der Waals surface area contributed by atoms with Crippen LogP contribution in [-0.4, -0.2) is 56.8 Å². The minimum absolute atomic E-state index is 0.0179. The van der Waals surface area contributed by atoms with Gasteiger partial charge in [0, 0.05) is 54.8 Å². The average Bonchev–Trinajstić information content (AvgIpc) is 3.38. The third-order valence-corrected chi connectivity index (χ3v) is 8.88. The van der Waals surface area contributed by atoms with E-state index in [9.17, 15) is 19.5 Å². The lowest BCUT2D eigenvalue weighted by molar-refractivity contribution is -0.148. The number of aliphatic carboxylic acids is 1. The van der Waals surface area contributed by atoms with E-state index in [-0.39, 0.29) is 28.1 Å². The van der Waals surface area contributed by atoms with Gasteiger partial charge in [-0.2, -0.15) is 5.10 Å². The molecule has 3 heterocycles. The Kier molecular flexibility index (Phi) is 7.68. The van der Waals surface area contributed by atoms with Crippen molar-refractivity contribution in [1.82, 2.24) is 19.7 Å². The van der Waals surface area contributed by atoms with E-state index in [2.05, 4.69) is 15.3 Å². The smallest absolute Gasteiger partial charge is 0.309 e. The van der Waals surface area contributed by atoms with Crippen molar-refractivity contribution in [2.24, 2.45) is 13.0 Å². The Balaban J connectivity index is 1.35. The Hall–Kier alpha value is -4.61. The van der Waals surface area contributed by atoms with Crippen LogP contribution < -0.4 is 15.6 Å². The molecule has 2 aliphatic rings. The maximum Gasteiger partial charge on any atom is 0.309 e. The number of carboxylic acid groups (broad SMARTS) is 1. The van der Waals surface area contributed by atoms with Gasteiger partial charge in [0.15, 0.2) is 0 Å². The van der Waals surface area contributed by atoms with Crippen molar-refractivity contribution in [2.75, 3.05) is 25.5 Å². The summed E-state index contributed by atoms with van der Waals surface area (Å²) in [6.45, 7) is 2.70. The number of anilines is 1. The Morgan fingerprint density at radius 3 is 2.66 bits per heavy atom. The number of pyridine rings is 1. The number of rotatable bonds is 7. The summed E-state index contributed by atoms with van der Waals surface area (Å²) in [7, 11) is 3.00. The summed E-state index contributed by atoms with van der Waals surface area (Å²) < 4.78 is 22.3. The van der Waals surface area contributed by atoms with E-state index in [0.29, 0.717) is 47.0 Å². The van der Waals surface area contributed by atoms with Gasteiger partial charge in [0.1, 0.15) is 11.4 Å². The van der Waals surface area contributed by atoms with E-state index in [1.807, 2.05) is 6.07 Å². The predicted octanol–water partition coefficient (Wildman–Crippen LogP) is 4.87. The standard InChI is InChI=1S/C32H29ClFN5O5/c1-16-19(5-4-6-23(16)36-29(40)21-11-12-35-38(2)31(21)41)27-22(34)9-8-20(28(27)33)24-13-17-7-10-25(26(17)30(37-24)44-3)39-14-18(15-39)32(42)43/h4-6,8-9,11-13,18,25H,7,10,14-15H2,1-3H3,(H,36,40)(H,42,43)/t25-/m1/s1. The van der Waals surface area contributed by atoms with Crippen LogP contribution in [0.4, 0.5) is 10.1 Å². The van der Waals surface area contributed by atoms with Gasteiger partial charge in [-0.15, -0.1) is 0 Å². The third kappa shape index (κ3) is 5.01. The van der Waals surface area contributed by atoms with Crippen LogP contribution >= 0.6 is 11.6 Å². The van der Waals surface area contributed by atoms with Crippen LogP contribution in [0.2, 0.25) is 5.02 Å². The maximum absolute atomic E-state index is 15.5. The van der Waals surface area contributed by atoms with Crippen LogP contribution in [0.1, 0.15) is 39.5 Å². The zero-order valence-corrected chi connectivity index (χ0v) is 25.0. The molecule has 0 saturated carbocycles. The molecule has 0 bridgehead atoms. The fourth-order valence-corrected chi connectivity index (χ4v) is 6.42. The van der Waals surface area contributed by atoms with Gasteiger partial charge < -0.3 is 15.2 Å². The molecule has 10 nitrogen and oxygen atoms in total. The molecule has 1 saturated heterocycles. The molecule has 1 atom stereocenters. The fraction of sp³-hybridized carbons (Fsp3) is 0.281. The van der Waals surface area contributed by atoms with Gasteiger partial charge in [0.05, 0.1) is 23.7 Å². The van der Waals surface area contributed by atoms with E-state index in [1.54, 1.807) is 38.3 Å². The minimum Gasteiger partial charge on any atom is -0.481 e. The number of nitrogens with one attached hydrogen (secondary N) is 1. The molecule has 12 heteroatoms. The third-order valence-electron chi connectivity index (χ3n) is 8.49. The monoisotopic (exact) mass is 617 g/mol. The summed E-state index contributed by atoms with van der Waals surface area (Å²) in [5.41, 5.74) is 3.96. The van der Waals surface area contributed by atoms with E-state index >= 15 is 4.39 Å². The van der Waals surface area contributed by atoms with Crippen LogP contribution in [-0.2, 0) is 18.3 Å². The number of fused-ring (bicyclic) bond motifs is 1. The number of likely N-dealkylation sites (tertiary alicyclic amines) is 1. The molecule has 6 rings (SSSR count). The number of nitrogens with zero attached hydrogens (tertiary/aromatic N) is 4. The van der Waals surface area contributed by atoms with Crippen LogP contribution in [0.15, 0.2) is 53.5 Å². The topological polar surface area (TPSA) is 127 Å². The summed E-state index contributed by atoms with van der Waals surface area (Å²) in [5.74, 6) is -1.88. The van der Waals surface area contributed by atoms with Crippen molar-refractivity contribution in [3.8, 4) is 28.3 Å². The molecule has 0 radical (unpaired) electrons. The van der Waals surface area contributed by atoms with Crippen molar-refractivity contribution in [1.29, 1.82) is 0 Å². The molecule has 44 heavy (non-hydrogen) atoms. The molecule has 226 valence electrons. The summed E-state index contributed by atoms with van der Waals surface area (Å²) >= 11 is 6.93. The number of carbonyl (C=O) groups is 2. The van der Waals surface area contributed by atoms with Gasteiger partial charge >= 0.3 is 5.97 Å². The van der Waals surface area contributed by atoms with Crippen LogP contribution in [0.5, 0.6) is 5.88 Å². The second-order valence-corrected chi connectivity index (χ2v) is 11.4.